The highest BCUT2D eigenvalue weighted by Crippen LogP contribution is 2.57. The molecule has 1 aromatic rings. The van der Waals surface area contributed by atoms with Gasteiger partial charge in [-0.1, -0.05) is 0 Å². The lowest BCUT2D eigenvalue weighted by Crippen LogP contribution is -2.46. The Morgan fingerprint density at radius 3 is 2.32 bits per heavy atom. The minimum absolute atomic E-state index is 0.290. The average molecular weight is 259 g/mol. The molecule has 0 radical (unpaired) electrons. The average Bonchev–Trinajstić information content (AvgIpc) is 2.79. The molecule has 0 amide bonds. The first-order valence-electron chi connectivity index (χ1n) is 7.75. The van der Waals surface area contributed by atoms with E-state index in [1.54, 1.807) is 4.57 Å². The molecule has 4 bridgehead atoms. The first-order valence-corrected chi connectivity index (χ1v) is 7.75. The lowest BCUT2D eigenvalue weighted by Gasteiger charge is -2.54. The van der Waals surface area contributed by atoms with E-state index in [-0.39, 0.29) is 5.91 Å². The third-order valence-electron chi connectivity index (χ3n) is 5.89. The first kappa shape index (κ1) is 11.7. The minimum atomic E-state index is 0.290. The van der Waals surface area contributed by atoms with E-state index in [9.17, 15) is 4.79 Å². The normalized spacial score (nSPS) is 39.7. The summed E-state index contributed by atoms with van der Waals surface area (Å²) in [5.74, 6) is 4.66. The van der Waals surface area contributed by atoms with Crippen LogP contribution in [-0.2, 0) is 7.05 Å². The van der Waals surface area contributed by atoms with Gasteiger partial charge in [-0.05, 0) is 61.7 Å². The summed E-state index contributed by atoms with van der Waals surface area (Å²) in [6, 6.07) is 0. The summed E-state index contributed by atoms with van der Waals surface area (Å²) in [5, 5.41) is 0. The molecule has 4 aliphatic rings. The Hall–Kier alpha value is -1.12. The van der Waals surface area contributed by atoms with E-state index in [0.29, 0.717) is 5.92 Å². The van der Waals surface area contributed by atoms with Crippen LogP contribution in [0.25, 0.3) is 0 Å². The van der Waals surface area contributed by atoms with Gasteiger partial charge < -0.3 is 0 Å². The largest absolute Gasteiger partial charge is 0.314 e. The van der Waals surface area contributed by atoms with E-state index in [0.717, 1.165) is 30.1 Å². The van der Waals surface area contributed by atoms with Crippen molar-refractivity contribution in [2.24, 2.45) is 36.6 Å². The fraction of sp³-hybridized carbons (Fsp3) is 0.750. The monoisotopic (exact) mass is 259 g/mol. The minimum Gasteiger partial charge on any atom is -0.246 e. The number of nitrogens with zero attached hydrogens (tertiary/aromatic N) is 2. The molecule has 3 heteroatoms. The molecule has 0 saturated heterocycles. The van der Waals surface area contributed by atoms with Gasteiger partial charge in [-0.25, -0.2) is 9.36 Å². The van der Waals surface area contributed by atoms with Crippen molar-refractivity contribution in [2.75, 3.05) is 0 Å². The number of rotatable bonds is 2. The van der Waals surface area contributed by atoms with Crippen molar-refractivity contribution in [3.63, 3.8) is 0 Å². The second-order valence-corrected chi connectivity index (χ2v) is 7.18. The zero-order valence-corrected chi connectivity index (χ0v) is 11.7. The Kier molecular flexibility index (Phi) is 2.58. The summed E-state index contributed by atoms with van der Waals surface area (Å²) >= 11 is 0. The smallest absolute Gasteiger partial charge is 0.246 e. The van der Waals surface area contributed by atoms with Crippen molar-refractivity contribution in [3.8, 4) is 0 Å². The predicted octanol–water partition coefficient (Wildman–Crippen LogP) is 2.42. The summed E-state index contributed by atoms with van der Waals surface area (Å²) in [6.45, 7) is 0. The Labute approximate surface area is 114 Å². The lowest BCUT2D eigenvalue weighted by molar-refractivity contribution is -0.670. The van der Waals surface area contributed by atoms with Gasteiger partial charge in [0.05, 0.1) is 13.5 Å². The molecule has 1 aromatic heterocycles. The van der Waals surface area contributed by atoms with Crippen LogP contribution in [0.3, 0.4) is 0 Å². The molecule has 1 heterocycles. The Morgan fingerprint density at radius 2 is 1.79 bits per heavy atom. The highest BCUT2D eigenvalue weighted by Gasteiger charge is 2.48. The van der Waals surface area contributed by atoms with Crippen LogP contribution in [0, 0.1) is 29.6 Å². The molecular weight excluding hydrogens is 236 g/mol. The van der Waals surface area contributed by atoms with E-state index in [1.165, 1.54) is 32.1 Å². The zero-order chi connectivity index (χ0) is 13.0. The number of imidazole rings is 1. The number of aryl methyl sites for hydroxylation is 1. The van der Waals surface area contributed by atoms with Crippen LogP contribution >= 0.6 is 0 Å². The standard InChI is InChI=1S/C16H23N2O/c1-17-2-3-18(10-17)16(19)9-15-13-5-11-4-12(7-13)8-14(15)6-11/h2-3,10-15H,4-9H2,1H3/q+1. The Balaban J connectivity index is 1.49. The van der Waals surface area contributed by atoms with E-state index in [2.05, 4.69) is 0 Å². The zero-order valence-electron chi connectivity index (χ0n) is 11.7. The molecule has 19 heavy (non-hydrogen) atoms. The number of carbonyl (C=O) groups is 1. The van der Waals surface area contributed by atoms with E-state index < -0.39 is 0 Å². The van der Waals surface area contributed by atoms with Crippen molar-refractivity contribution in [1.82, 2.24) is 4.57 Å². The van der Waals surface area contributed by atoms with Gasteiger partial charge in [0.25, 0.3) is 6.33 Å². The number of hydrogen-bond donors (Lipinski definition) is 0. The fourth-order valence-corrected chi connectivity index (χ4v) is 5.28. The van der Waals surface area contributed by atoms with Crippen LogP contribution in [0.2, 0.25) is 0 Å². The quantitative estimate of drug-likeness (QED) is 0.749. The Bertz CT molecular complexity index is 477. The van der Waals surface area contributed by atoms with Crippen LogP contribution in [0.4, 0.5) is 0 Å². The van der Waals surface area contributed by atoms with Crippen molar-refractivity contribution in [2.45, 2.75) is 38.5 Å². The summed E-state index contributed by atoms with van der Waals surface area (Å²) in [4.78, 5) is 12.4. The first-order chi connectivity index (χ1) is 9.19. The van der Waals surface area contributed by atoms with Gasteiger partial charge in [0, 0.05) is 0 Å². The number of hydrogen-bond acceptors (Lipinski definition) is 1. The van der Waals surface area contributed by atoms with E-state index in [4.69, 9.17) is 0 Å². The second-order valence-electron chi connectivity index (χ2n) is 7.18. The third-order valence-corrected chi connectivity index (χ3v) is 5.89. The lowest BCUT2D eigenvalue weighted by atomic mass is 9.51. The van der Waals surface area contributed by atoms with Gasteiger partial charge in [0.1, 0.15) is 12.4 Å². The summed E-state index contributed by atoms with van der Waals surface area (Å²) in [6.07, 6.45) is 13.6. The maximum Gasteiger partial charge on any atom is 0.314 e. The molecule has 0 spiro atoms. The van der Waals surface area contributed by atoms with Crippen molar-refractivity contribution in [1.29, 1.82) is 0 Å². The molecule has 4 fully saturated rings. The van der Waals surface area contributed by atoms with Crippen molar-refractivity contribution >= 4 is 5.91 Å². The van der Waals surface area contributed by atoms with Crippen molar-refractivity contribution < 1.29 is 9.36 Å². The molecule has 4 saturated carbocycles. The molecule has 3 nitrogen and oxygen atoms in total. The molecular formula is C16H23N2O+. The van der Waals surface area contributed by atoms with Gasteiger partial charge in [-0.15, -0.1) is 0 Å². The van der Waals surface area contributed by atoms with Crippen LogP contribution in [0.5, 0.6) is 0 Å². The molecule has 102 valence electrons. The molecule has 0 atom stereocenters. The fourth-order valence-electron chi connectivity index (χ4n) is 5.28. The van der Waals surface area contributed by atoms with Gasteiger partial charge in [0.2, 0.25) is 0 Å². The van der Waals surface area contributed by atoms with Gasteiger partial charge in [-0.2, -0.15) is 4.57 Å². The highest BCUT2D eigenvalue weighted by atomic mass is 16.2. The van der Waals surface area contributed by atoms with E-state index >= 15 is 0 Å². The summed E-state index contributed by atoms with van der Waals surface area (Å²) in [5.41, 5.74) is 0. The number of carbonyl (C=O) groups excluding carboxylic acids is 1. The SMILES string of the molecule is C[n+]1ccn(C(=O)CC2C3CC4CC(C3)CC2C4)c1. The van der Waals surface area contributed by atoms with Gasteiger partial charge >= 0.3 is 5.91 Å². The highest BCUT2D eigenvalue weighted by molar-refractivity contribution is 5.78. The van der Waals surface area contributed by atoms with Gasteiger partial charge in [0.15, 0.2) is 0 Å². The molecule has 0 unspecified atom stereocenters. The summed E-state index contributed by atoms with van der Waals surface area (Å²) < 4.78 is 3.71. The number of aromatic nitrogens is 2. The van der Waals surface area contributed by atoms with E-state index in [1.807, 2.05) is 30.3 Å². The van der Waals surface area contributed by atoms with Crippen molar-refractivity contribution in [3.05, 3.63) is 18.7 Å². The van der Waals surface area contributed by atoms with Crippen LogP contribution < -0.4 is 4.57 Å². The molecule has 4 aliphatic carbocycles. The predicted molar refractivity (Wildman–Crippen MR) is 71.4 cm³/mol. The van der Waals surface area contributed by atoms with Gasteiger partial charge in [-0.3, -0.25) is 0 Å². The maximum absolute atomic E-state index is 12.4. The molecule has 0 N–H and O–H groups in total. The molecule has 0 aliphatic heterocycles. The van der Waals surface area contributed by atoms with Crippen LogP contribution in [-0.4, -0.2) is 10.5 Å². The Morgan fingerprint density at radius 1 is 1.16 bits per heavy atom. The summed E-state index contributed by atoms with van der Waals surface area (Å²) in [7, 11) is 1.96. The van der Waals surface area contributed by atoms with Crippen LogP contribution in [0.15, 0.2) is 18.7 Å². The molecule has 0 aromatic carbocycles. The second kappa shape index (κ2) is 4.19. The topological polar surface area (TPSA) is 25.9 Å². The molecule has 5 rings (SSSR count). The van der Waals surface area contributed by atoms with Crippen LogP contribution in [0.1, 0.15) is 43.3 Å². The maximum atomic E-state index is 12.4. The third kappa shape index (κ3) is 1.94.